The Bertz CT molecular complexity index is 958. The third-order valence-electron chi connectivity index (χ3n) is 4.01. The number of nitrogens with zero attached hydrogens (tertiary/aromatic N) is 1. The topological polar surface area (TPSA) is 42.0 Å². The first-order valence-electron chi connectivity index (χ1n) is 8.43. The number of amides is 1. The van der Waals surface area contributed by atoms with Crippen molar-refractivity contribution in [1.82, 2.24) is 4.98 Å². The number of carbonyl (C=O) groups is 1. The van der Waals surface area contributed by atoms with Crippen LogP contribution in [0.25, 0.3) is 17.3 Å². The quantitative estimate of drug-likeness (QED) is 0.459. The van der Waals surface area contributed by atoms with Gasteiger partial charge in [0, 0.05) is 32.6 Å². The molecule has 1 aromatic heterocycles. The number of halogens is 2. The molecule has 27 heavy (non-hydrogen) atoms. The van der Waals surface area contributed by atoms with Crippen molar-refractivity contribution in [3.8, 4) is 11.3 Å². The van der Waals surface area contributed by atoms with Crippen LogP contribution in [0.4, 0.5) is 5.13 Å². The first-order valence-corrected chi connectivity index (χ1v) is 10.1. The smallest absolute Gasteiger partial charge is 0.250 e. The summed E-state index contributed by atoms with van der Waals surface area (Å²) < 4.78 is 0. The molecule has 0 spiro atoms. The van der Waals surface area contributed by atoms with Gasteiger partial charge in [0.15, 0.2) is 5.13 Å². The largest absolute Gasteiger partial charge is 0.298 e. The second kappa shape index (κ2) is 8.70. The second-order valence-corrected chi connectivity index (χ2v) is 7.95. The van der Waals surface area contributed by atoms with Crippen molar-refractivity contribution in [2.24, 2.45) is 0 Å². The first-order chi connectivity index (χ1) is 12.9. The molecule has 1 heterocycles. The molecule has 0 atom stereocenters. The zero-order valence-corrected chi connectivity index (χ0v) is 17.2. The van der Waals surface area contributed by atoms with E-state index in [0.29, 0.717) is 26.7 Å². The van der Waals surface area contributed by atoms with Gasteiger partial charge in [0.2, 0.25) is 5.91 Å². The van der Waals surface area contributed by atoms with Gasteiger partial charge in [-0.15, -0.1) is 11.3 Å². The van der Waals surface area contributed by atoms with Crippen molar-refractivity contribution in [3.63, 3.8) is 0 Å². The van der Waals surface area contributed by atoms with E-state index in [0.717, 1.165) is 11.3 Å². The number of thiazole rings is 1. The third kappa shape index (κ3) is 4.98. The number of nitrogens with one attached hydrogen (secondary N) is 1. The van der Waals surface area contributed by atoms with Crippen LogP contribution in [0, 0.1) is 0 Å². The fourth-order valence-electron chi connectivity index (χ4n) is 2.48. The Kier molecular flexibility index (Phi) is 6.32. The number of hydrogen-bond donors (Lipinski definition) is 1. The van der Waals surface area contributed by atoms with E-state index in [1.54, 1.807) is 24.3 Å². The molecule has 3 rings (SSSR count). The number of anilines is 1. The van der Waals surface area contributed by atoms with Gasteiger partial charge in [-0.25, -0.2) is 4.98 Å². The van der Waals surface area contributed by atoms with Crippen molar-refractivity contribution in [3.05, 3.63) is 75.1 Å². The van der Waals surface area contributed by atoms with E-state index in [-0.39, 0.29) is 5.91 Å². The lowest BCUT2D eigenvalue weighted by molar-refractivity contribution is -0.111. The van der Waals surface area contributed by atoms with Crippen molar-refractivity contribution in [2.45, 2.75) is 19.8 Å². The standard InChI is InChI=1S/C21H18Cl2N2OS/c1-13(2)14-6-8-15(9-7-14)19-12-27-21(24-19)25-20(26)11-10-16-17(22)4-3-5-18(16)23/h3-13H,1-2H3,(H,24,25,26). The summed E-state index contributed by atoms with van der Waals surface area (Å²) in [7, 11) is 0. The molecule has 0 bridgehead atoms. The molecule has 138 valence electrons. The van der Waals surface area contributed by atoms with E-state index in [9.17, 15) is 4.79 Å². The molecule has 0 aliphatic carbocycles. The molecule has 0 saturated heterocycles. The van der Waals surface area contributed by atoms with Crippen molar-refractivity contribution >= 4 is 51.7 Å². The summed E-state index contributed by atoms with van der Waals surface area (Å²) in [6.45, 7) is 4.32. The minimum Gasteiger partial charge on any atom is -0.298 e. The van der Waals surface area contributed by atoms with Gasteiger partial charge >= 0.3 is 0 Å². The molecule has 3 nitrogen and oxygen atoms in total. The molecule has 1 N–H and O–H groups in total. The van der Waals surface area contributed by atoms with Gasteiger partial charge in [-0.05, 0) is 29.7 Å². The summed E-state index contributed by atoms with van der Waals surface area (Å²) in [4.78, 5) is 16.6. The van der Waals surface area contributed by atoms with Crippen molar-refractivity contribution in [2.75, 3.05) is 5.32 Å². The van der Waals surface area contributed by atoms with Crippen LogP contribution in [-0.2, 0) is 4.79 Å². The van der Waals surface area contributed by atoms with Gasteiger partial charge in [0.25, 0.3) is 0 Å². The van der Waals surface area contributed by atoms with E-state index in [4.69, 9.17) is 23.2 Å². The Morgan fingerprint density at radius 2 is 1.78 bits per heavy atom. The van der Waals surface area contributed by atoms with E-state index in [2.05, 4.69) is 48.4 Å². The Balaban J connectivity index is 1.68. The van der Waals surface area contributed by atoms with Crippen LogP contribution in [0.2, 0.25) is 10.0 Å². The lowest BCUT2D eigenvalue weighted by Crippen LogP contribution is -2.07. The number of benzene rings is 2. The highest BCUT2D eigenvalue weighted by Crippen LogP contribution is 2.27. The molecule has 0 radical (unpaired) electrons. The molecular weight excluding hydrogens is 399 g/mol. The number of rotatable bonds is 5. The normalized spacial score (nSPS) is 11.3. The lowest BCUT2D eigenvalue weighted by Gasteiger charge is -2.05. The zero-order valence-electron chi connectivity index (χ0n) is 14.9. The van der Waals surface area contributed by atoms with E-state index >= 15 is 0 Å². The fourth-order valence-corrected chi connectivity index (χ4v) is 3.72. The Morgan fingerprint density at radius 1 is 1.11 bits per heavy atom. The Hall–Kier alpha value is -2.14. The van der Waals surface area contributed by atoms with E-state index in [1.807, 2.05) is 5.38 Å². The predicted octanol–water partition coefficient (Wildman–Crippen LogP) is 6.89. The highest BCUT2D eigenvalue weighted by molar-refractivity contribution is 7.14. The molecule has 0 unspecified atom stereocenters. The van der Waals surface area contributed by atoms with Gasteiger partial charge in [-0.2, -0.15) is 0 Å². The van der Waals surface area contributed by atoms with E-state index < -0.39 is 0 Å². The average Bonchev–Trinajstić information content (AvgIpc) is 3.09. The van der Waals surface area contributed by atoms with Gasteiger partial charge in [0.1, 0.15) is 0 Å². The molecule has 2 aromatic carbocycles. The van der Waals surface area contributed by atoms with Crippen LogP contribution < -0.4 is 5.32 Å². The van der Waals surface area contributed by atoms with Crippen molar-refractivity contribution in [1.29, 1.82) is 0 Å². The Morgan fingerprint density at radius 3 is 2.41 bits per heavy atom. The summed E-state index contributed by atoms with van der Waals surface area (Å²) >= 11 is 13.6. The van der Waals surface area contributed by atoms with Crippen molar-refractivity contribution < 1.29 is 4.79 Å². The molecule has 0 aliphatic rings. The average molecular weight is 417 g/mol. The summed E-state index contributed by atoms with van der Waals surface area (Å²) in [5, 5.41) is 6.22. The summed E-state index contributed by atoms with van der Waals surface area (Å²) in [5.74, 6) is 0.199. The maximum absolute atomic E-state index is 12.2. The lowest BCUT2D eigenvalue weighted by atomic mass is 10.0. The van der Waals surface area contributed by atoms with Gasteiger partial charge < -0.3 is 0 Å². The molecular formula is C21H18Cl2N2OS. The maximum atomic E-state index is 12.2. The Labute approximate surface area is 172 Å². The second-order valence-electron chi connectivity index (χ2n) is 6.27. The van der Waals surface area contributed by atoms with Gasteiger partial charge in [-0.1, -0.05) is 67.4 Å². The van der Waals surface area contributed by atoms with Crippen LogP contribution in [0.15, 0.2) is 53.9 Å². The fraction of sp³-hybridized carbons (Fsp3) is 0.143. The SMILES string of the molecule is CC(C)c1ccc(-c2csc(NC(=O)C=Cc3c(Cl)cccc3Cl)n2)cc1. The monoisotopic (exact) mass is 416 g/mol. The summed E-state index contributed by atoms with van der Waals surface area (Å²) in [5.41, 5.74) is 3.75. The molecule has 0 fully saturated rings. The van der Waals surface area contributed by atoms with Crippen LogP contribution in [0.3, 0.4) is 0 Å². The van der Waals surface area contributed by atoms with E-state index in [1.165, 1.54) is 23.0 Å². The van der Waals surface area contributed by atoms with Gasteiger partial charge in [-0.3, -0.25) is 10.1 Å². The zero-order chi connectivity index (χ0) is 19.4. The number of carbonyl (C=O) groups excluding carboxylic acids is 1. The predicted molar refractivity (Wildman–Crippen MR) is 116 cm³/mol. The maximum Gasteiger partial charge on any atom is 0.250 e. The van der Waals surface area contributed by atoms with Gasteiger partial charge in [0.05, 0.1) is 5.69 Å². The number of aromatic nitrogens is 1. The molecule has 1 amide bonds. The summed E-state index contributed by atoms with van der Waals surface area (Å²) in [6.07, 6.45) is 2.99. The van der Waals surface area contributed by atoms with Crippen LogP contribution in [0.1, 0.15) is 30.9 Å². The summed E-state index contributed by atoms with van der Waals surface area (Å²) in [6, 6.07) is 13.5. The number of hydrogen-bond acceptors (Lipinski definition) is 3. The first kappa shape index (κ1) is 19.6. The highest BCUT2D eigenvalue weighted by Gasteiger charge is 2.08. The third-order valence-corrected chi connectivity index (χ3v) is 5.43. The molecule has 0 saturated carbocycles. The minimum atomic E-state index is -0.290. The highest BCUT2D eigenvalue weighted by atomic mass is 35.5. The molecule has 3 aromatic rings. The molecule has 6 heteroatoms. The minimum absolute atomic E-state index is 0.290. The molecule has 0 aliphatic heterocycles. The van der Waals surface area contributed by atoms with Crippen LogP contribution in [-0.4, -0.2) is 10.9 Å². The van der Waals surface area contributed by atoms with Crippen LogP contribution >= 0.6 is 34.5 Å². The van der Waals surface area contributed by atoms with Crippen LogP contribution in [0.5, 0.6) is 0 Å².